The van der Waals surface area contributed by atoms with Crippen molar-refractivity contribution in [3.05, 3.63) is 23.9 Å². The number of aromatic nitrogens is 2. The number of carboxylic acid groups (broad SMARTS) is 1. The maximum atomic E-state index is 12.2. The molecule has 2 aromatic rings. The van der Waals surface area contributed by atoms with Crippen molar-refractivity contribution >= 4 is 28.8 Å². The second-order valence-electron chi connectivity index (χ2n) is 8.00. The monoisotopic (exact) mass is 429 g/mol. The molecule has 1 unspecified atom stereocenters. The highest BCUT2D eigenvalue weighted by molar-refractivity contribution is 6.02. The minimum absolute atomic E-state index is 0.235. The normalized spacial score (nSPS) is 20.2. The first kappa shape index (κ1) is 21.1. The van der Waals surface area contributed by atoms with Crippen LogP contribution in [0.4, 0.5) is 4.79 Å². The Morgan fingerprint density at radius 1 is 1.26 bits per heavy atom. The van der Waals surface area contributed by atoms with Crippen molar-refractivity contribution in [2.24, 2.45) is 7.05 Å². The molecule has 1 aromatic carbocycles. The van der Waals surface area contributed by atoms with E-state index in [9.17, 15) is 14.4 Å². The van der Waals surface area contributed by atoms with E-state index in [1.54, 1.807) is 4.68 Å². The largest absolute Gasteiger partial charge is 0.493 e. The van der Waals surface area contributed by atoms with E-state index in [0.29, 0.717) is 38.2 Å². The lowest BCUT2D eigenvalue weighted by Gasteiger charge is -2.32. The summed E-state index contributed by atoms with van der Waals surface area (Å²) in [6, 6.07) is 5.72. The van der Waals surface area contributed by atoms with Crippen molar-refractivity contribution in [2.45, 2.75) is 25.2 Å². The maximum absolute atomic E-state index is 12.2. The van der Waals surface area contributed by atoms with Crippen molar-refractivity contribution in [3.8, 4) is 5.75 Å². The number of aryl methyl sites for hydroxylation is 1. The van der Waals surface area contributed by atoms with Gasteiger partial charge in [-0.15, -0.1) is 0 Å². The van der Waals surface area contributed by atoms with Crippen LogP contribution in [0.3, 0.4) is 0 Å². The van der Waals surface area contributed by atoms with Gasteiger partial charge in [-0.25, -0.2) is 4.79 Å². The molecule has 0 radical (unpaired) electrons. The molecule has 2 saturated heterocycles. The molecule has 2 fully saturated rings. The van der Waals surface area contributed by atoms with Crippen LogP contribution in [-0.2, 0) is 16.6 Å². The summed E-state index contributed by atoms with van der Waals surface area (Å²) < 4.78 is 7.65. The Labute approximate surface area is 179 Å². The van der Waals surface area contributed by atoms with Crippen LogP contribution in [-0.4, -0.2) is 81.9 Å². The number of nitrogens with one attached hydrogen (secondary N) is 1. The van der Waals surface area contributed by atoms with Crippen molar-refractivity contribution in [1.29, 1.82) is 0 Å². The van der Waals surface area contributed by atoms with E-state index in [4.69, 9.17) is 9.84 Å². The molecule has 1 aromatic heterocycles. The third-order valence-corrected chi connectivity index (χ3v) is 5.95. The van der Waals surface area contributed by atoms with Crippen LogP contribution in [0.2, 0.25) is 0 Å². The maximum Gasteiger partial charge on any atom is 0.407 e. The molecule has 0 spiro atoms. The molecule has 1 atom stereocenters. The van der Waals surface area contributed by atoms with Gasteiger partial charge in [0.25, 0.3) is 0 Å². The van der Waals surface area contributed by atoms with Gasteiger partial charge in [-0.2, -0.15) is 5.10 Å². The number of hydrogen-bond acceptors (Lipinski definition) is 6. The van der Waals surface area contributed by atoms with Gasteiger partial charge in [-0.05, 0) is 25.0 Å². The van der Waals surface area contributed by atoms with E-state index >= 15 is 0 Å². The Hall–Kier alpha value is -3.14. The Bertz CT molecular complexity index is 995. The fourth-order valence-corrected chi connectivity index (χ4v) is 4.21. The van der Waals surface area contributed by atoms with Crippen molar-refractivity contribution in [3.63, 3.8) is 0 Å². The van der Waals surface area contributed by atoms with Crippen molar-refractivity contribution in [2.75, 3.05) is 39.3 Å². The highest BCUT2D eigenvalue weighted by Gasteiger charge is 2.31. The number of piperazine rings is 1. The zero-order valence-corrected chi connectivity index (χ0v) is 17.5. The van der Waals surface area contributed by atoms with Gasteiger partial charge in [0, 0.05) is 57.6 Å². The van der Waals surface area contributed by atoms with Crippen LogP contribution < -0.4 is 10.1 Å². The molecule has 2 aliphatic heterocycles. The van der Waals surface area contributed by atoms with E-state index < -0.39 is 12.0 Å². The highest BCUT2D eigenvalue weighted by Crippen LogP contribution is 2.31. The lowest BCUT2D eigenvalue weighted by atomic mass is 9.93. The fourth-order valence-electron chi connectivity index (χ4n) is 4.21. The van der Waals surface area contributed by atoms with E-state index in [1.807, 2.05) is 25.2 Å². The van der Waals surface area contributed by atoms with Gasteiger partial charge in [0.15, 0.2) is 0 Å². The van der Waals surface area contributed by atoms with E-state index in [-0.39, 0.29) is 11.8 Å². The molecule has 0 aliphatic carbocycles. The molecule has 10 nitrogen and oxygen atoms in total. The molecule has 2 N–H and O–H groups in total. The minimum Gasteiger partial charge on any atom is -0.493 e. The van der Waals surface area contributed by atoms with Crippen LogP contribution in [0, 0.1) is 0 Å². The summed E-state index contributed by atoms with van der Waals surface area (Å²) in [7, 11) is 1.83. The Balaban J connectivity index is 1.33. The standard InChI is InChI=1S/C21H27N5O5/c1-24-17-13-14(31-12-2-7-25-8-10-26(11-9-25)21(29)30)3-4-15(17)19(23-24)16-5-6-18(27)22-20(16)28/h3-4,13,16H,2,5-12H2,1H3,(H,29,30)(H,22,27,28). The SMILES string of the molecule is Cn1nc(C2CCC(=O)NC2=O)c2ccc(OCCCN3CCN(C(=O)O)CC3)cc21. The average molecular weight is 429 g/mol. The molecule has 166 valence electrons. The zero-order valence-electron chi connectivity index (χ0n) is 17.5. The van der Waals surface area contributed by atoms with Gasteiger partial charge in [0.05, 0.1) is 23.7 Å². The molecule has 0 bridgehead atoms. The summed E-state index contributed by atoms with van der Waals surface area (Å²) in [4.78, 5) is 38.3. The topological polar surface area (TPSA) is 117 Å². The number of benzene rings is 1. The first-order valence-corrected chi connectivity index (χ1v) is 10.6. The van der Waals surface area contributed by atoms with E-state index in [2.05, 4.69) is 15.3 Å². The summed E-state index contributed by atoms with van der Waals surface area (Å²) in [6.07, 6.45) is 0.781. The first-order chi connectivity index (χ1) is 14.9. The molecule has 3 heterocycles. The number of carbonyl (C=O) groups excluding carboxylic acids is 2. The summed E-state index contributed by atoms with van der Waals surface area (Å²) in [5, 5.41) is 16.8. The van der Waals surface area contributed by atoms with Gasteiger partial charge in [0.2, 0.25) is 11.8 Å². The predicted octanol–water partition coefficient (Wildman–Crippen LogP) is 1.16. The molecular formula is C21H27N5O5. The number of ether oxygens (including phenoxy) is 1. The second kappa shape index (κ2) is 8.93. The molecular weight excluding hydrogens is 402 g/mol. The van der Waals surface area contributed by atoms with Crippen LogP contribution >= 0.6 is 0 Å². The van der Waals surface area contributed by atoms with Crippen molar-refractivity contribution in [1.82, 2.24) is 24.9 Å². The Morgan fingerprint density at radius 2 is 2.03 bits per heavy atom. The number of hydrogen-bond donors (Lipinski definition) is 2. The summed E-state index contributed by atoms with van der Waals surface area (Å²) >= 11 is 0. The molecule has 31 heavy (non-hydrogen) atoms. The predicted molar refractivity (Wildman–Crippen MR) is 112 cm³/mol. The van der Waals surface area contributed by atoms with Gasteiger partial charge >= 0.3 is 6.09 Å². The molecule has 2 aliphatic rings. The lowest BCUT2D eigenvalue weighted by Crippen LogP contribution is -2.48. The third-order valence-electron chi connectivity index (χ3n) is 5.95. The molecule has 10 heteroatoms. The van der Waals surface area contributed by atoms with Crippen LogP contribution in [0.1, 0.15) is 30.9 Å². The van der Waals surface area contributed by atoms with Gasteiger partial charge < -0.3 is 14.7 Å². The zero-order chi connectivity index (χ0) is 22.0. The average Bonchev–Trinajstić information content (AvgIpc) is 3.07. The number of imide groups is 1. The number of amides is 3. The lowest BCUT2D eigenvalue weighted by molar-refractivity contribution is -0.134. The minimum atomic E-state index is -0.852. The first-order valence-electron chi connectivity index (χ1n) is 10.6. The smallest absolute Gasteiger partial charge is 0.407 e. The quantitative estimate of drug-likeness (QED) is 0.523. The van der Waals surface area contributed by atoms with Gasteiger partial charge in [0.1, 0.15) is 5.75 Å². The fraction of sp³-hybridized carbons (Fsp3) is 0.524. The third kappa shape index (κ3) is 4.63. The second-order valence-corrected chi connectivity index (χ2v) is 8.00. The number of carbonyl (C=O) groups is 3. The van der Waals surface area contributed by atoms with Crippen LogP contribution in [0.25, 0.3) is 10.9 Å². The Morgan fingerprint density at radius 3 is 2.74 bits per heavy atom. The Kier molecular flexibility index (Phi) is 6.08. The molecule has 0 saturated carbocycles. The van der Waals surface area contributed by atoms with Crippen molar-refractivity contribution < 1.29 is 24.2 Å². The molecule has 3 amide bonds. The van der Waals surface area contributed by atoms with E-state index in [0.717, 1.165) is 42.7 Å². The van der Waals surface area contributed by atoms with Gasteiger partial charge in [-0.3, -0.25) is 24.5 Å². The van der Waals surface area contributed by atoms with Crippen LogP contribution in [0.15, 0.2) is 18.2 Å². The number of fused-ring (bicyclic) bond motifs is 1. The van der Waals surface area contributed by atoms with Crippen LogP contribution in [0.5, 0.6) is 5.75 Å². The summed E-state index contributed by atoms with van der Waals surface area (Å²) in [5.74, 6) is -0.211. The number of rotatable bonds is 6. The number of piperidine rings is 1. The highest BCUT2D eigenvalue weighted by atomic mass is 16.5. The molecule has 4 rings (SSSR count). The summed E-state index contributed by atoms with van der Waals surface area (Å²) in [6.45, 7) is 4.00. The van der Waals surface area contributed by atoms with Gasteiger partial charge in [-0.1, -0.05) is 0 Å². The summed E-state index contributed by atoms with van der Waals surface area (Å²) in [5.41, 5.74) is 1.57. The van der Waals surface area contributed by atoms with E-state index in [1.165, 1.54) is 4.90 Å². The number of nitrogens with zero attached hydrogens (tertiary/aromatic N) is 4.